The predicted octanol–water partition coefficient (Wildman–Crippen LogP) is 1.38. The van der Waals surface area contributed by atoms with Gasteiger partial charge in [0.2, 0.25) is 11.8 Å². The van der Waals surface area contributed by atoms with Crippen molar-refractivity contribution in [3.8, 4) is 0 Å². The number of hydrogen-bond acceptors (Lipinski definition) is 4. The lowest BCUT2D eigenvalue weighted by Gasteiger charge is -2.21. The first kappa shape index (κ1) is 11.6. The molecule has 1 unspecified atom stereocenters. The summed E-state index contributed by atoms with van der Waals surface area (Å²) < 4.78 is 4.81. The van der Waals surface area contributed by atoms with E-state index in [9.17, 15) is 9.59 Å². The van der Waals surface area contributed by atoms with Crippen LogP contribution in [0.5, 0.6) is 0 Å². The number of nitrogens with zero attached hydrogens (tertiary/aromatic N) is 1. The molecule has 0 N–H and O–H groups in total. The molecule has 0 aromatic carbocycles. The van der Waals surface area contributed by atoms with Crippen LogP contribution in [0.25, 0.3) is 0 Å². The van der Waals surface area contributed by atoms with Crippen molar-refractivity contribution in [2.75, 3.05) is 0 Å². The maximum atomic E-state index is 11.0. The van der Waals surface area contributed by atoms with E-state index < -0.39 is 11.7 Å². The molecule has 0 aromatic rings. The standard InChI is InChI=1S/C9H12NO3/c1-5-9(4,10-6-11)13-8(12)7(2)3/h2,4-5H2,1,3H3. The Morgan fingerprint density at radius 1 is 1.69 bits per heavy atom. The van der Waals surface area contributed by atoms with E-state index in [1.807, 2.05) is 0 Å². The van der Waals surface area contributed by atoms with E-state index in [2.05, 4.69) is 18.5 Å². The Bertz CT molecular complexity index is 266. The van der Waals surface area contributed by atoms with Crippen molar-refractivity contribution in [2.45, 2.75) is 26.0 Å². The van der Waals surface area contributed by atoms with Gasteiger partial charge in [-0.3, -0.25) is 0 Å². The van der Waals surface area contributed by atoms with Gasteiger partial charge in [0.1, 0.15) is 0 Å². The summed E-state index contributed by atoms with van der Waals surface area (Å²) in [6.07, 6.45) is 1.62. The third kappa shape index (κ3) is 3.67. The zero-order chi connectivity index (χ0) is 10.5. The summed E-state index contributed by atoms with van der Waals surface area (Å²) in [5, 5.41) is 0. The number of ether oxygens (including phenoxy) is 1. The van der Waals surface area contributed by atoms with Crippen LogP contribution >= 0.6 is 0 Å². The van der Waals surface area contributed by atoms with Gasteiger partial charge >= 0.3 is 5.97 Å². The Balaban J connectivity index is 4.53. The van der Waals surface area contributed by atoms with Crippen LogP contribution < -0.4 is 0 Å². The molecule has 0 spiro atoms. The zero-order valence-electron chi connectivity index (χ0n) is 7.79. The predicted molar refractivity (Wildman–Crippen MR) is 47.4 cm³/mol. The molecule has 4 heteroatoms. The Kier molecular flexibility index (Phi) is 4.08. The van der Waals surface area contributed by atoms with E-state index in [4.69, 9.17) is 4.74 Å². The number of carbonyl (C=O) groups excluding carboxylic acids is 2. The average Bonchev–Trinajstić information content (AvgIpc) is 2.04. The first-order valence-corrected chi connectivity index (χ1v) is 3.78. The van der Waals surface area contributed by atoms with Crippen molar-refractivity contribution >= 4 is 12.0 Å². The van der Waals surface area contributed by atoms with E-state index >= 15 is 0 Å². The molecule has 0 heterocycles. The van der Waals surface area contributed by atoms with Crippen molar-refractivity contribution in [3.63, 3.8) is 0 Å². The van der Waals surface area contributed by atoms with Crippen LogP contribution in [0.3, 0.4) is 0 Å². The van der Waals surface area contributed by atoms with Gasteiger partial charge in [-0.05, 0) is 6.92 Å². The molecular weight excluding hydrogens is 170 g/mol. The van der Waals surface area contributed by atoms with Gasteiger partial charge in [-0.2, -0.15) is 4.99 Å². The molecule has 0 amide bonds. The van der Waals surface area contributed by atoms with Crippen LogP contribution in [-0.2, 0) is 14.3 Å². The maximum absolute atomic E-state index is 11.0. The molecule has 0 fully saturated rings. The fourth-order valence-corrected chi connectivity index (χ4v) is 0.517. The average molecular weight is 182 g/mol. The van der Waals surface area contributed by atoms with Crippen molar-refractivity contribution < 1.29 is 14.3 Å². The molecule has 13 heavy (non-hydrogen) atoms. The van der Waals surface area contributed by atoms with Crippen LogP contribution in [0.1, 0.15) is 20.3 Å². The summed E-state index contributed by atoms with van der Waals surface area (Å²) in [6, 6.07) is 0. The van der Waals surface area contributed by atoms with Gasteiger partial charge < -0.3 is 4.74 Å². The SMILES string of the molecule is [CH2]C(CC)(N=C=O)OC(=O)C(=C)C. The molecule has 4 nitrogen and oxygen atoms in total. The minimum Gasteiger partial charge on any atom is -0.433 e. The summed E-state index contributed by atoms with van der Waals surface area (Å²) >= 11 is 0. The molecule has 0 saturated carbocycles. The summed E-state index contributed by atoms with van der Waals surface area (Å²) in [6.45, 7) is 10.1. The summed E-state index contributed by atoms with van der Waals surface area (Å²) in [5.74, 6) is -0.615. The Hall–Kier alpha value is -1.41. The molecular formula is C9H12NO3. The monoisotopic (exact) mass is 182 g/mol. The van der Waals surface area contributed by atoms with Gasteiger partial charge in [0.05, 0.1) is 0 Å². The van der Waals surface area contributed by atoms with Crippen LogP contribution in [0.4, 0.5) is 0 Å². The van der Waals surface area contributed by atoms with Crippen LogP contribution in [-0.4, -0.2) is 17.8 Å². The van der Waals surface area contributed by atoms with Gasteiger partial charge in [0.25, 0.3) is 0 Å². The van der Waals surface area contributed by atoms with Gasteiger partial charge in [-0.1, -0.05) is 13.5 Å². The maximum Gasteiger partial charge on any atom is 0.335 e. The number of esters is 1. The molecule has 0 aromatic heterocycles. The molecule has 0 saturated heterocycles. The first-order chi connectivity index (χ1) is 5.95. The minimum atomic E-state index is -1.36. The van der Waals surface area contributed by atoms with E-state index in [1.165, 1.54) is 13.0 Å². The number of hydrogen-bond donors (Lipinski definition) is 0. The van der Waals surface area contributed by atoms with Crippen LogP contribution in [0.2, 0.25) is 0 Å². The molecule has 0 bridgehead atoms. The number of aliphatic imine (C=N–C) groups is 1. The van der Waals surface area contributed by atoms with Gasteiger partial charge in [0.15, 0.2) is 0 Å². The fraction of sp³-hybridized carbons (Fsp3) is 0.444. The Morgan fingerprint density at radius 2 is 2.23 bits per heavy atom. The molecule has 0 aliphatic heterocycles. The van der Waals surface area contributed by atoms with Gasteiger partial charge in [-0.15, -0.1) is 0 Å². The summed E-state index contributed by atoms with van der Waals surface area (Å²) in [5.41, 5.74) is -1.12. The van der Waals surface area contributed by atoms with Crippen molar-refractivity contribution in [1.29, 1.82) is 0 Å². The number of carbonyl (C=O) groups is 1. The second kappa shape index (κ2) is 4.58. The highest BCUT2D eigenvalue weighted by atomic mass is 16.6. The Labute approximate surface area is 77.3 Å². The number of rotatable bonds is 4. The highest BCUT2D eigenvalue weighted by Gasteiger charge is 2.26. The summed E-state index contributed by atoms with van der Waals surface area (Å²) in [7, 11) is 0. The minimum absolute atomic E-state index is 0.238. The molecule has 71 valence electrons. The van der Waals surface area contributed by atoms with E-state index in [-0.39, 0.29) is 5.57 Å². The normalized spacial score (nSPS) is 13.8. The number of isocyanates is 1. The molecule has 0 rings (SSSR count). The van der Waals surface area contributed by atoms with E-state index in [0.29, 0.717) is 6.42 Å². The van der Waals surface area contributed by atoms with Gasteiger partial charge in [0, 0.05) is 18.9 Å². The smallest absolute Gasteiger partial charge is 0.335 e. The molecule has 1 radical (unpaired) electrons. The lowest BCUT2D eigenvalue weighted by molar-refractivity contribution is -0.150. The first-order valence-electron chi connectivity index (χ1n) is 3.78. The van der Waals surface area contributed by atoms with Crippen molar-refractivity contribution in [2.24, 2.45) is 4.99 Å². The topological polar surface area (TPSA) is 55.7 Å². The van der Waals surface area contributed by atoms with E-state index in [1.54, 1.807) is 6.92 Å². The largest absolute Gasteiger partial charge is 0.433 e. The van der Waals surface area contributed by atoms with Crippen molar-refractivity contribution in [1.82, 2.24) is 0 Å². The van der Waals surface area contributed by atoms with Crippen molar-refractivity contribution in [3.05, 3.63) is 19.1 Å². The lowest BCUT2D eigenvalue weighted by atomic mass is 10.2. The molecule has 0 aliphatic rings. The summed E-state index contributed by atoms with van der Waals surface area (Å²) in [4.78, 5) is 24.3. The van der Waals surface area contributed by atoms with Crippen LogP contribution in [0.15, 0.2) is 17.1 Å². The fourth-order valence-electron chi connectivity index (χ4n) is 0.517. The van der Waals surface area contributed by atoms with E-state index in [0.717, 1.165) is 0 Å². The highest BCUT2D eigenvalue weighted by molar-refractivity contribution is 5.87. The third-order valence-corrected chi connectivity index (χ3v) is 1.43. The third-order valence-electron chi connectivity index (χ3n) is 1.43. The van der Waals surface area contributed by atoms with Crippen LogP contribution in [0, 0.1) is 6.92 Å². The lowest BCUT2D eigenvalue weighted by Crippen LogP contribution is -2.29. The highest BCUT2D eigenvalue weighted by Crippen LogP contribution is 2.17. The van der Waals surface area contributed by atoms with Gasteiger partial charge in [-0.25, -0.2) is 9.59 Å². The second-order valence-corrected chi connectivity index (χ2v) is 2.67. The molecule has 0 aliphatic carbocycles. The zero-order valence-corrected chi connectivity index (χ0v) is 7.79. The quantitative estimate of drug-likeness (QED) is 0.285. The second-order valence-electron chi connectivity index (χ2n) is 2.67. The molecule has 1 atom stereocenters. The Morgan fingerprint density at radius 3 is 2.54 bits per heavy atom.